The number of likely N-dealkylation sites (tertiary alicyclic amines) is 1. The molecule has 1 aliphatic rings. The number of rotatable bonds is 5. The summed E-state index contributed by atoms with van der Waals surface area (Å²) in [5.41, 5.74) is 1.53. The zero-order valence-corrected chi connectivity index (χ0v) is 18.7. The molecule has 2 aromatic heterocycles. The molecular formula is C22H25BrN6O. The highest BCUT2D eigenvalue weighted by molar-refractivity contribution is 9.10. The van der Waals surface area contributed by atoms with Crippen molar-refractivity contribution in [2.45, 2.75) is 32.7 Å². The van der Waals surface area contributed by atoms with Gasteiger partial charge in [-0.1, -0.05) is 19.9 Å². The van der Waals surface area contributed by atoms with Crippen molar-refractivity contribution < 1.29 is 4.79 Å². The lowest BCUT2D eigenvalue weighted by atomic mass is 9.76. The van der Waals surface area contributed by atoms with Gasteiger partial charge in [-0.2, -0.15) is 5.10 Å². The molecule has 0 radical (unpaired) electrons. The molecule has 1 unspecified atom stereocenters. The quantitative estimate of drug-likeness (QED) is 0.607. The van der Waals surface area contributed by atoms with Crippen molar-refractivity contribution in [3.05, 3.63) is 65.2 Å². The van der Waals surface area contributed by atoms with E-state index < -0.39 is 0 Å². The molecule has 3 aromatic rings. The predicted octanol–water partition coefficient (Wildman–Crippen LogP) is 4.17. The molecule has 1 aliphatic heterocycles. The van der Waals surface area contributed by atoms with E-state index in [4.69, 9.17) is 0 Å². The molecule has 1 atom stereocenters. The number of hydrogen-bond acceptors (Lipinski definition) is 5. The van der Waals surface area contributed by atoms with Gasteiger partial charge in [-0.15, -0.1) is 0 Å². The second-order valence-electron chi connectivity index (χ2n) is 8.21. The molecule has 0 saturated carbocycles. The summed E-state index contributed by atoms with van der Waals surface area (Å²) < 4.78 is 2.60. The Bertz CT molecular complexity index is 1000. The predicted molar refractivity (Wildman–Crippen MR) is 120 cm³/mol. The third-order valence-electron chi connectivity index (χ3n) is 5.70. The molecule has 0 aliphatic carbocycles. The van der Waals surface area contributed by atoms with Crippen molar-refractivity contribution in [1.29, 1.82) is 0 Å². The maximum atomic E-state index is 13.5. The van der Waals surface area contributed by atoms with E-state index in [2.05, 4.69) is 50.2 Å². The molecular weight excluding hydrogens is 444 g/mol. The Labute approximate surface area is 184 Å². The molecule has 156 valence electrons. The van der Waals surface area contributed by atoms with Crippen LogP contribution in [0.3, 0.4) is 0 Å². The Hall–Kier alpha value is -2.74. The average molecular weight is 469 g/mol. The highest BCUT2D eigenvalue weighted by Crippen LogP contribution is 2.36. The van der Waals surface area contributed by atoms with Gasteiger partial charge in [-0.25, -0.2) is 14.6 Å². The molecule has 1 aromatic carbocycles. The smallest absolute Gasteiger partial charge is 0.254 e. The topological polar surface area (TPSA) is 75.9 Å². The SMILES string of the molecule is CC1(C)CCCN(C(=O)c2cccc(-n3cccn3)c2)C1CNc1ncc(Br)cn1. The fourth-order valence-corrected chi connectivity index (χ4v) is 4.24. The van der Waals surface area contributed by atoms with Crippen LogP contribution in [0.2, 0.25) is 0 Å². The van der Waals surface area contributed by atoms with E-state index in [0.29, 0.717) is 18.1 Å². The summed E-state index contributed by atoms with van der Waals surface area (Å²) in [7, 11) is 0. The van der Waals surface area contributed by atoms with E-state index >= 15 is 0 Å². The molecule has 7 nitrogen and oxygen atoms in total. The Morgan fingerprint density at radius 3 is 2.80 bits per heavy atom. The van der Waals surface area contributed by atoms with E-state index in [1.54, 1.807) is 23.3 Å². The molecule has 1 N–H and O–H groups in total. The van der Waals surface area contributed by atoms with Gasteiger partial charge in [0.2, 0.25) is 5.95 Å². The first kappa shape index (κ1) is 20.5. The van der Waals surface area contributed by atoms with Gasteiger partial charge in [0.05, 0.1) is 16.2 Å². The summed E-state index contributed by atoms with van der Waals surface area (Å²) in [6, 6.07) is 9.53. The summed E-state index contributed by atoms with van der Waals surface area (Å²) in [5.74, 6) is 0.605. The number of halogens is 1. The summed E-state index contributed by atoms with van der Waals surface area (Å²) in [5, 5.41) is 7.59. The van der Waals surface area contributed by atoms with E-state index in [1.165, 1.54) is 0 Å². The lowest BCUT2D eigenvalue weighted by Crippen LogP contribution is -2.55. The average Bonchev–Trinajstić information content (AvgIpc) is 3.28. The maximum absolute atomic E-state index is 13.5. The number of amides is 1. The molecule has 8 heteroatoms. The molecule has 1 saturated heterocycles. The minimum Gasteiger partial charge on any atom is -0.352 e. The van der Waals surface area contributed by atoms with E-state index in [1.807, 2.05) is 41.4 Å². The summed E-state index contributed by atoms with van der Waals surface area (Å²) in [4.78, 5) is 24.1. The van der Waals surface area contributed by atoms with Gasteiger partial charge in [0, 0.05) is 43.4 Å². The Morgan fingerprint density at radius 1 is 1.27 bits per heavy atom. The molecule has 3 heterocycles. The number of piperidine rings is 1. The van der Waals surface area contributed by atoms with Crippen LogP contribution in [0.15, 0.2) is 59.6 Å². The van der Waals surface area contributed by atoms with Gasteiger partial charge < -0.3 is 10.2 Å². The standard InChI is InChI=1S/C22H25BrN6O/c1-22(2)8-4-10-28(19(22)15-26-21-24-13-17(23)14-25-21)20(30)16-6-3-7-18(12-16)29-11-5-9-27-29/h3,5-7,9,11-14,19H,4,8,10,15H2,1-2H3,(H,24,25,26). The lowest BCUT2D eigenvalue weighted by Gasteiger charge is -2.46. The van der Waals surface area contributed by atoms with Crippen LogP contribution in [-0.4, -0.2) is 49.7 Å². The minimum absolute atomic E-state index is 0.0180. The Kier molecular flexibility index (Phi) is 5.85. The Balaban J connectivity index is 1.56. The number of aromatic nitrogens is 4. The van der Waals surface area contributed by atoms with Crippen molar-refractivity contribution in [3.8, 4) is 5.69 Å². The molecule has 30 heavy (non-hydrogen) atoms. The highest BCUT2D eigenvalue weighted by atomic mass is 79.9. The second kappa shape index (κ2) is 8.55. The largest absolute Gasteiger partial charge is 0.352 e. The number of nitrogens with one attached hydrogen (secondary N) is 1. The van der Waals surface area contributed by atoms with Gasteiger partial charge in [0.1, 0.15) is 0 Å². The van der Waals surface area contributed by atoms with Gasteiger partial charge >= 0.3 is 0 Å². The molecule has 1 amide bonds. The number of hydrogen-bond donors (Lipinski definition) is 1. The second-order valence-corrected chi connectivity index (χ2v) is 9.13. The van der Waals surface area contributed by atoms with E-state index in [-0.39, 0.29) is 17.4 Å². The van der Waals surface area contributed by atoms with Crippen LogP contribution < -0.4 is 5.32 Å². The van der Waals surface area contributed by atoms with E-state index in [9.17, 15) is 4.79 Å². The van der Waals surface area contributed by atoms with Crippen molar-refractivity contribution in [1.82, 2.24) is 24.6 Å². The number of nitrogens with zero attached hydrogens (tertiary/aromatic N) is 5. The van der Waals surface area contributed by atoms with Gasteiger partial charge in [-0.3, -0.25) is 4.79 Å². The van der Waals surface area contributed by atoms with Crippen LogP contribution in [0.1, 0.15) is 37.0 Å². The highest BCUT2D eigenvalue weighted by Gasteiger charge is 2.40. The first-order valence-corrected chi connectivity index (χ1v) is 10.9. The summed E-state index contributed by atoms with van der Waals surface area (Å²) in [6.07, 6.45) is 9.09. The number of benzene rings is 1. The fourth-order valence-electron chi connectivity index (χ4n) is 4.04. The van der Waals surface area contributed by atoms with Crippen LogP contribution in [0.25, 0.3) is 5.69 Å². The molecule has 4 rings (SSSR count). The maximum Gasteiger partial charge on any atom is 0.254 e. The van der Waals surface area contributed by atoms with Crippen LogP contribution in [0.5, 0.6) is 0 Å². The number of carbonyl (C=O) groups excluding carboxylic acids is 1. The van der Waals surface area contributed by atoms with Crippen LogP contribution in [-0.2, 0) is 0 Å². The van der Waals surface area contributed by atoms with Gasteiger partial charge in [-0.05, 0) is 58.5 Å². The van der Waals surface area contributed by atoms with Crippen LogP contribution in [0.4, 0.5) is 5.95 Å². The third kappa shape index (κ3) is 4.38. The zero-order valence-electron chi connectivity index (χ0n) is 17.1. The first-order valence-electron chi connectivity index (χ1n) is 10.1. The van der Waals surface area contributed by atoms with E-state index in [0.717, 1.165) is 29.5 Å². The van der Waals surface area contributed by atoms with Gasteiger partial charge in [0.25, 0.3) is 5.91 Å². The van der Waals surface area contributed by atoms with Crippen LogP contribution >= 0.6 is 15.9 Å². The fraction of sp³-hybridized carbons (Fsp3) is 0.364. The molecule has 1 fully saturated rings. The lowest BCUT2D eigenvalue weighted by molar-refractivity contribution is 0.0319. The normalized spacial score (nSPS) is 18.2. The Morgan fingerprint density at radius 2 is 2.07 bits per heavy atom. The number of carbonyl (C=O) groups is 1. The zero-order chi connectivity index (χ0) is 21.1. The molecule has 0 spiro atoms. The van der Waals surface area contributed by atoms with Gasteiger partial charge in [0.15, 0.2) is 0 Å². The van der Waals surface area contributed by atoms with Crippen molar-refractivity contribution >= 4 is 27.8 Å². The van der Waals surface area contributed by atoms with Crippen molar-refractivity contribution in [3.63, 3.8) is 0 Å². The number of anilines is 1. The minimum atomic E-state index is -0.0180. The van der Waals surface area contributed by atoms with Crippen molar-refractivity contribution in [2.24, 2.45) is 5.41 Å². The summed E-state index contributed by atoms with van der Waals surface area (Å²) >= 11 is 3.35. The first-order chi connectivity index (χ1) is 14.4. The molecule has 0 bridgehead atoms. The third-order valence-corrected chi connectivity index (χ3v) is 6.10. The monoisotopic (exact) mass is 468 g/mol. The van der Waals surface area contributed by atoms with Crippen molar-refractivity contribution in [2.75, 3.05) is 18.4 Å². The summed E-state index contributed by atoms with van der Waals surface area (Å²) in [6.45, 7) is 5.78. The van der Waals surface area contributed by atoms with Crippen LogP contribution in [0, 0.1) is 5.41 Å².